The van der Waals surface area contributed by atoms with Crippen molar-refractivity contribution in [3.8, 4) is 5.75 Å². The maximum Gasteiger partial charge on any atom is 0.331 e. The molecule has 1 amide bonds. The van der Waals surface area contributed by atoms with Gasteiger partial charge in [0.15, 0.2) is 6.04 Å². The second-order valence-electron chi connectivity index (χ2n) is 5.48. The molecule has 1 aromatic heterocycles. The smallest absolute Gasteiger partial charge is 0.331 e. The molecular formula is C16H17N3O4. The van der Waals surface area contributed by atoms with Gasteiger partial charge in [0.05, 0.1) is 17.9 Å². The Bertz CT molecular complexity index is 762. The van der Waals surface area contributed by atoms with Crippen LogP contribution in [0.15, 0.2) is 18.2 Å². The first-order chi connectivity index (χ1) is 11.0. The van der Waals surface area contributed by atoms with Crippen molar-refractivity contribution in [1.82, 2.24) is 15.5 Å². The Balaban J connectivity index is 1.92. The minimum atomic E-state index is -1.17. The van der Waals surface area contributed by atoms with Crippen LogP contribution in [-0.2, 0) is 11.2 Å². The lowest BCUT2D eigenvalue weighted by atomic mass is 10.0. The minimum absolute atomic E-state index is 0.352. The van der Waals surface area contributed by atoms with Crippen LogP contribution in [0.25, 0.3) is 0 Å². The van der Waals surface area contributed by atoms with E-state index in [1.54, 1.807) is 26.0 Å². The fourth-order valence-corrected chi connectivity index (χ4v) is 2.85. The summed E-state index contributed by atoms with van der Waals surface area (Å²) < 4.78 is 5.50. The molecule has 0 bridgehead atoms. The van der Waals surface area contributed by atoms with E-state index in [4.69, 9.17) is 4.74 Å². The van der Waals surface area contributed by atoms with E-state index in [1.807, 2.05) is 6.07 Å². The Morgan fingerprint density at radius 2 is 2.17 bits per heavy atom. The number of benzene rings is 1. The van der Waals surface area contributed by atoms with Crippen LogP contribution in [0.2, 0.25) is 0 Å². The van der Waals surface area contributed by atoms with Gasteiger partial charge in [-0.2, -0.15) is 5.10 Å². The van der Waals surface area contributed by atoms with E-state index in [1.165, 1.54) is 0 Å². The summed E-state index contributed by atoms with van der Waals surface area (Å²) in [5.41, 5.74) is 2.94. The zero-order valence-electron chi connectivity index (χ0n) is 12.8. The molecule has 7 nitrogen and oxygen atoms in total. The minimum Gasteiger partial charge on any atom is -0.492 e. The molecule has 0 saturated heterocycles. The summed E-state index contributed by atoms with van der Waals surface area (Å²) in [6.07, 6.45) is 0.749. The number of amides is 1. The lowest BCUT2D eigenvalue weighted by molar-refractivity contribution is -0.139. The van der Waals surface area contributed by atoms with Crippen LogP contribution in [-0.4, -0.2) is 33.8 Å². The topological polar surface area (TPSA) is 104 Å². The molecule has 0 aliphatic carbocycles. The van der Waals surface area contributed by atoms with Gasteiger partial charge >= 0.3 is 5.97 Å². The Morgan fingerprint density at radius 3 is 2.83 bits per heavy atom. The van der Waals surface area contributed by atoms with Crippen LogP contribution in [0.5, 0.6) is 5.75 Å². The zero-order valence-corrected chi connectivity index (χ0v) is 12.8. The number of aromatic nitrogens is 2. The van der Waals surface area contributed by atoms with Gasteiger partial charge in [-0.05, 0) is 25.5 Å². The van der Waals surface area contributed by atoms with E-state index < -0.39 is 17.9 Å². The summed E-state index contributed by atoms with van der Waals surface area (Å²) in [7, 11) is 0. The molecule has 3 rings (SSSR count). The summed E-state index contributed by atoms with van der Waals surface area (Å²) in [4.78, 5) is 24.2. The van der Waals surface area contributed by atoms with E-state index in [0.717, 1.165) is 12.0 Å². The number of para-hydroxylation sites is 1. The molecule has 7 heteroatoms. The Hall–Kier alpha value is -2.83. The number of carboxylic acids is 1. The van der Waals surface area contributed by atoms with Gasteiger partial charge in [0.1, 0.15) is 5.75 Å². The summed E-state index contributed by atoms with van der Waals surface area (Å²) in [6.45, 7) is 3.95. The summed E-state index contributed by atoms with van der Waals surface area (Å²) in [6, 6.07) is 4.14. The third-order valence-electron chi connectivity index (χ3n) is 3.96. The first kappa shape index (κ1) is 15.1. The number of rotatable bonds is 4. The molecule has 0 saturated carbocycles. The van der Waals surface area contributed by atoms with E-state index >= 15 is 0 Å². The maximum atomic E-state index is 12.6. The van der Waals surface area contributed by atoms with Gasteiger partial charge in [-0.1, -0.05) is 12.1 Å². The number of nitrogens with zero attached hydrogens (tertiary/aromatic N) is 1. The number of ether oxygens (including phenoxy) is 1. The van der Waals surface area contributed by atoms with Crippen LogP contribution >= 0.6 is 0 Å². The van der Waals surface area contributed by atoms with Crippen molar-refractivity contribution in [2.75, 3.05) is 6.61 Å². The van der Waals surface area contributed by atoms with E-state index in [2.05, 4.69) is 15.5 Å². The molecule has 1 unspecified atom stereocenters. The van der Waals surface area contributed by atoms with Crippen molar-refractivity contribution in [2.24, 2.45) is 0 Å². The van der Waals surface area contributed by atoms with Crippen LogP contribution in [0, 0.1) is 13.8 Å². The van der Waals surface area contributed by atoms with Crippen molar-refractivity contribution >= 4 is 11.9 Å². The molecule has 2 heterocycles. The third-order valence-corrected chi connectivity index (χ3v) is 3.96. The van der Waals surface area contributed by atoms with Crippen molar-refractivity contribution in [3.63, 3.8) is 0 Å². The van der Waals surface area contributed by atoms with Crippen molar-refractivity contribution in [1.29, 1.82) is 0 Å². The lowest BCUT2D eigenvalue weighted by Crippen LogP contribution is -2.34. The number of carbonyl (C=O) groups is 2. The van der Waals surface area contributed by atoms with Gasteiger partial charge in [-0.25, -0.2) is 4.79 Å². The highest BCUT2D eigenvalue weighted by Gasteiger charge is 2.29. The van der Waals surface area contributed by atoms with Gasteiger partial charge in [0.25, 0.3) is 5.91 Å². The Morgan fingerprint density at radius 1 is 1.39 bits per heavy atom. The molecule has 1 aliphatic rings. The number of aryl methyl sites for hydroxylation is 2. The number of fused-ring (bicyclic) bond motifs is 1. The second kappa shape index (κ2) is 5.75. The predicted molar refractivity (Wildman–Crippen MR) is 81.5 cm³/mol. The monoisotopic (exact) mass is 315 g/mol. The Labute approximate surface area is 132 Å². The van der Waals surface area contributed by atoms with Crippen LogP contribution in [0.4, 0.5) is 0 Å². The lowest BCUT2D eigenvalue weighted by Gasteiger charge is -2.16. The number of carboxylic acid groups (broad SMARTS) is 1. The molecule has 23 heavy (non-hydrogen) atoms. The largest absolute Gasteiger partial charge is 0.492 e. The van der Waals surface area contributed by atoms with E-state index in [9.17, 15) is 14.7 Å². The Kier molecular flexibility index (Phi) is 3.77. The highest BCUT2D eigenvalue weighted by molar-refractivity contribution is 5.99. The molecule has 120 valence electrons. The first-order valence-corrected chi connectivity index (χ1v) is 7.29. The molecule has 2 aromatic rings. The fraction of sp³-hybridized carbons (Fsp3) is 0.312. The average Bonchev–Trinajstić information content (AvgIpc) is 3.11. The SMILES string of the molecule is Cc1n[nH]c(C)c1C(NC(=O)c1cccc2c1OCC2)C(=O)O. The summed E-state index contributed by atoms with van der Waals surface area (Å²) >= 11 is 0. The van der Waals surface area contributed by atoms with Crippen LogP contribution in [0.1, 0.15) is 38.9 Å². The molecule has 0 radical (unpaired) electrons. The molecule has 1 atom stereocenters. The molecule has 1 aliphatic heterocycles. The van der Waals surface area contributed by atoms with E-state index in [0.29, 0.717) is 34.9 Å². The maximum absolute atomic E-state index is 12.6. The molecule has 0 fully saturated rings. The highest BCUT2D eigenvalue weighted by Crippen LogP contribution is 2.30. The fourth-order valence-electron chi connectivity index (χ4n) is 2.85. The first-order valence-electron chi connectivity index (χ1n) is 7.29. The van der Waals surface area contributed by atoms with Gasteiger partial charge in [0.2, 0.25) is 0 Å². The number of hydrogen-bond acceptors (Lipinski definition) is 4. The number of aromatic amines is 1. The van der Waals surface area contributed by atoms with Crippen molar-refractivity contribution < 1.29 is 19.4 Å². The standard InChI is InChI=1S/C16H17N3O4/c1-8-12(9(2)19-18-8)13(16(21)22)17-15(20)11-5-3-4-10-6-7-23-14(10)11/h3-5,13H,6-7H2,1-2H3,(H,17,20)(H,18,19)(H,21,22). The number of carbonyl (C=O) groups excluding carboxylic acids is 1. The highest BCUT2D eigenvalue weighted by atomic mass is 16.5. The zero-order chi connectivity index (χ0) is 16.6. The number of nitrogens with one attached hydrogen (secondary N) is 2. The van der Waals surface area contributed by atoms with Gasteiger partial charge < -0.3 is 15.2 Å². The van der Waals surface area contributed by atoms with Crippen molar-refractivity contribution in [2.45, 2.75) is 26.3 Å². The van der Waals surface area contributed by atoms with Gasteiger partial charge in [-0.3, -0.25) is 9.89 Å². The number of hydrogen-bond donors (Lipinski definition) is 3. The number of H-pyrrole nitrogens is 1. The molecule has 3 N–H and O–H groups in total. The predicted octanol–water partition coefficient (Wildman–Crippen LogP) is 1.52. The quantitative estimate of drug-likeness (QED) is 0.793. The van der Waals surface area contributed by atoms with Gasteiger partial charge in [0, 0.05) is 17.7 Å². The molecular weight excluding hydrogens is 298 g/mol. The van der Waals surface area contributed by atoms with Crippen LogP contribution in [0.3, 0.4) is 0 Å². The average molecular weight is 315 g/mol. The summed E-state index contributed by atoms with van der Waals surface area (Å²) in [5.74, 6) is -1.08. The number of aliphatic carboxylic acids is 1. The van der Waals surface area contributed by atoms with Crippen molar-refractivity contribution in [3.05, 3.63) is 46.3 Å². The summed E-state index contributed by atoms with van der Waals surface area (Å²) in [5, 5.41) is 18.8. The molecule has 0 spiro atoms. The normalized spacial score (nSPS) is 14.0. The van der Waals surface area contributed by atoms with Crippen LogP contribution < -0.4 is 10.1 Å². The molecule has 1 aromatic carbocycles. The van der Waals surface area contributed by atoms with E-state index in [-0.39, 0.29) is 0 Å². The van der Waals surface area contributed by atoms with Gasteiger partial charge in [-0.15, -0.1) is 0 Å². The second-order valence-corrected chi connectivity index (χ2v) is 5.48. The third kappa shape index (κ3) is 2.65.